The fourth-order valence-electron chi connectivity index (χ4n) is 2.12. The number of nitrogens with one attached hydrogen (secondary N) is 1. The predicted octanol–water partition coefficient (Wildman–Crippen LogP) is 4.14. The molecule has 1 unspecified atom stereocenters. The Bertz CT molecular complexity index is 620. The number of nitrogens with zero attached hydrogens (tertiary/aromatic N) is 1. The molecule has 1 aliphatic rings. The summed E-state index contributed by atoms with van der Waals surface area (Å²) in [5.41, 5.74) is -0.721. The van der Waals surface area contributed by atoms with Crippen molar-refractivity contribution in [1.82, 2.24) is 10.3 Å². The second-order valence-electron chi connectivity index (χ2n) is 5.02. The molecule has 1 atom stereocenters. The van der Waals surface area contributed by atoms with Gasteiger partial charge in [-0.25, -0.2) is 9.37 Å². The maximum Gasteiger partial charge on any atom is 0.416 e. The second kappa shape index (κ2) is 5.38. The highest BCUT2D eigenvalue weighted by Gasteiger charge is 2.33. The predicted molar refractivity (Wildman–Crippen MR) is 71.5 cm³/mol. The van der Waals surface area contributed by atoms with Gasteiger partial charge in [-0.2, -0.15) is 13.2 Å². The van der Waals surface area contributed by atoms with Crippen molar-refractivity contribution in [3.8, 4) is 0 Å². The van der Waals surface area contributed by atoms with E-state index in [1.165, 1.54) is 11.3 Å². The smallest absolute Gasteiger partial charge is 0.301 e. The maximum absolute atomic E-state index is 13.6. The third kappa shape index (κ3) is 3.41. The lowest BCUT2D eigenvalue weighted by Crippen LogP contribution is -2.25. The van der Waals surface area contributed by atoms with Crippen LogP contribution in [0.3, 0.4) is 0 Å². The zero-order chi connectivity index (χ0) is 15.0. The Morgan fingerprint density at radius 1 is 1.24 bits per heavy atom. The summed E-state index contributed by atoms with van der Waals surface area (Å²) in [6, 6.07) is 2.40. The van der Waals surface area contributed by atoms with Crippen molar-refractivity contribution >= 4 is 11.3 Å². The van der Waals surface area contributed by atoms with Crippen LogP contribution in [0.4, 0.5) is 17.6 Å². The van der Waals surface area contributed by atoms with E-state index in [2.05, 4.69) is 10.3 Å². The molecule has 0 radical (unpaired) electrons. The lowest BCUT2D eigenvalue weighted by molar-refractivity contribution is -0.137. The quantitative estimate of drug-likeness (QED) is 0.858. The molecule has 1 aromatic heterocycles. The second-order valence-corrected chi connectivity index (χ2v) is 5.94. The van der Waals surface area contributed by atoms with E-state index in [1.807, 2.05) is 0 Å². The van der Waals surface area contributed by atoms with E-state index >= 15 is 0 Å². The van der Waals surface area contributed by atoms with Crippen LogP contribution in [0.1, 0.15) is 35.0 Å². The Labute approximate surface area is 122 Å². The number of hydrogen-bond donors (Lipinski definition) is 1. The highest BCUT2D eigenvalue weighted by molar-refractivity contribution is 7.09. The van der Waals surface area contributed by atoms with Crippen LogP contribution < -0.4 is 5.32 Å². The molecule has 3 rings (SSSR count). The Morgan fingerprint density at radius 3 is 2.57 bits per heavy atom. The van der Waals surface area contributed by atoms with Crippen LogP contribution >= 0.6 is 11.3 Å². The molecule has 0 spiro atoms. The molecular weight excluding hydrogens is 304 g/mol. The minimum absolute atomic E-state index is 0.254. The topological polar surface area (TPSA) is 24.9 Å². The molecule has 1 saturated carbocycles. The van der Waals surface area contributed by atoms with Crippen LogP contribution in [0.25, 0.3) is 0 Å². The summed E-state index contributed by atoms with van der Waals surface area (Å²) in [6.07, 6.45) is -1.03. The first-order chi connectivity index (χ1) is 9.93. The largest absolute Gasteiger partial charge is 0.416 e. The maximum atomic E-state index is 13.6. The van der Waals surface area contributed by atoms with Gasteiger partial charge in [0.1, 0.15) is 10.8 Å². The van der Waals surface area contributed by atoms with Crippen molar-refractivity contribution in [2.24, 2.45) is 0 Å². The number of thiazole rings is 1. The molecule has 7 heteroatoms. The Hall–Kier alpha value is -1.47. The molecule has 1 fully saturated rings. The molecule has 1 aliphatic carbocycles. The summed E-state index contributed by atoms with van der Waals surface area (Å²) in [5.74, 6) is -0.890. The lowest BCUT2D eigenvalue weighted by Gasteiger charge is -2.18. The van der Waals surface area contributed by atoms with Gasteiger partial charge in [0.2, 0.25) is 0 Å². The molecule has 1 N–H and O–H groups in total. The van der Waals surface area contributed by atoms with Crippen LogP contribution in [0, 0.1) is 5.82 Å². The van der Waals surface area contributed by atoms with Crippen molar-refractivity contribution in [2.75, 3.05) is 0 Å². The normalized spacial score (nSPS) is 17.0. The van der Waals surface area contributed by atoms with Crippen molar-refractivity contribution in [3.05, 3.63) is 51.7 Å². The van der Waals surface area contributed by atoms with E-state index in [0.717, 1.165) is 25.0 Å². The number of benzene rings is 1. The third-order valence-corrected chi connectivity index (χ3v) is 4.10. The third-order valence-electron chi connectivity index (χ3n) is 3.26. The first kappa shape index (κ1) is 14.5. The number of hydrogen-bond acceptors (Lipinski definition) is 3. The van der Waals surface area contributed by atoms with Gasteiger partial charge in [0.05, 0.1) is 11.6 Å². The van der Waals surface area contributed by atoms with Crippen LogP contribution in [0.15, 0.2) is 29.8 Å². The van der Waals surface area contributed by atoms with Crippen LogP contribution in [-0.4, -0.2) is 11.0 Å². The molecule has 0 bridgehead atoms. The summed E-state index contributed by atoms with van der Waals surface area (Å²) in [5, 5.41) is 5.62. The lowest BCUT2D eigenvalue weighted by atomic mass is 10.0. The van der Waals surface area contributed by atoms with Gasteiger partial charge in [0.25, 0.3) is 0 Å². The first-order valence-electron chi connectivity index (χ1n) is 6.46. The van der Waals surface area contributed by atoms with Gasteiger partial charge in [0.15, 0.2) is 0 Å². The van der Waals surface area contributed by atoms with Crippen molar-refractivity contribution < 1.29 is 17.6 Å². The fraction of sp³-hybridized carbons (Fsp3) is 0.357. The van der Waals surface area contributed by atoms with E-state index in [4.69, 9.17) is 0 Å². The zero-order valence-electron chi connectivity index (χ0n) is 10.8. The van der Waals surface area contributed by atoms with Gasteiger partial charge in [0, 0.05) is 17.6 Å². The fourth-order valence-corrected chi connectivity index (χ4v) is 2.84. The monoisotopic (exact) mass is 316 g/mol. The van der Waals surface area contributed by atoms with E-state index in [0.29, 0.717) is 11.1 Å². The summed E-state index contributed by atoms with van der Waals surface area (Å²) < 4.78 is 52.1. The van der Waals surface area contributed by atoms with Crippen LogP contribution in [-0.2, 0) is 6.18 Å². The van der Waals surface area contributed by atoms with Gasteiger partial charge in [-0.05, 0) is 36.6 Å². The highest BCUT2D eigenvalue weighted by atomic mass is 32.1. The van der Waals surface area contributed by atoms with E-state index < -0.39 is 23.6 Å². The Morgan fingerprint density at radius 2 is 2.00 bits per heavy atom. The molecule has 21 heavy (non-hydrogen) atoms. The molecular formula is C14H12F4N2S. The molecule has 1 heterocycles. The molecule has 112 valence electrons. The summed E-state index contributed by atoms with van der Waals surface area (Å²) in [6.45, 7) is 0. The molecule has 0 saturated heterocycles. The SMILES string of the molecule is Fc1cc(C(NC2CC2)c2nccs2)cc(C(F)(F)F)c1. The Balaban J connectivity index is 2.00. The van der Waals surface area contributed by atoms with E-state index in [-0.39, 0.29) is 11.6 Å². The minimum Gasteiger partial charge on any atom is -0.301 e. The Kier molecular flexibility index (Phi) is 3.71. The van der Waals surface area contributed by atoms with Crippen molar-refractivity contribution in [2.45, 2.75) is 31.1 Å². The molecule has 1 aromatic carbocycles. The number of rotatable bonds is 4. The van der Waals surface area contributed by atoms with Crippen LogP contribution in [0.2, 0.25) is 0 Å². The molecule has 2 nitrogen and oxygen atoms in total. The van der Waals surface area contributed by atoms with E-state index in [1.54, 1.807) is 11.6 Å². The van der Waals surface area contributed by atoms with Crippen LogP contribution in [0.5, 0.6) is 0 Å². The van der Waals surface area contributed by atoms with Crippen molar-refractivity contribution in [1.29, 1.82) is 0 Å². The number of halogens is 4. The number of aromatic nitrogens is 1. The molecule has 0 amide bonds. The van der Waals surface area contributed by atoms with Gasteiger partial charge < -0.3 is 5.32 Å². The summed E-state index contributed by atoms with van der Waals surface area (Å²) in [4.78, 5) is 4.15. The number of alkyl halides is 3. The summed E-state index contributed by atoms with van der Waals surface area (Å²) >= 11 is 1.34. The molecule has 0 aliphatic heterocycles. The standard InChI is InChI=1S/C14H12F4N2S/c15-10-6-8(5-9(7-10)14(16,17)18)12(20-11-1-2-11)13-19-3-4-21-13/h3-7,11-12,20H,1-2H2. The van der Waals surface area contributed by atoms with Crippen molar-refractivity contribution in [3.63, 3.8) is 0 Å². The van der Waals surface area contributed by atoms with Gasteiger partial charge in [-0.15, -0.1) is 11.3 Å². The molecule has 2 aromatic rings. The summed E-state index contributed by atoms with van der Waals surface area (Å²) in [7, 11) is 0. The van der Waals surface area contributed by atoms with Gasteiger partial charge >= 0.3 is 6.18 Å². The van der Waals surface area contributed by atoms with E-state index in [9.17, 15) is 17.6 Å². The van der Waals surface area contributed by atoms with Gasteiger partial charge in [-0.1, -0.05) is 0 Å². The minimum atomic E-state index is -4.57. The van der Waals surface area contributed by atoms with Gasteiger partial charge in [-0.3, -0.25) is 0 Å². The average Bonchev–Trinajstić information content (AvgIpc) is 3.06. The zero-order valence-corrected chi connectivity index (χ0v) is 11.6. The first-order valence-corrected chi connectivity index (χ1v) is 7.34. The average molecular weight is 316 g/mol. The highest BCUT2D eigenvalue weighted by Crippen LogP contribution is 2.35.